The Labute approximate surface area is 99.3 Å². The molecule has 16 heavy (non-hydrogen) atoms. The zero-order chi connectivity index (χ0) is 11.8. The molecule has 2 rings (SSSR count). The maximum absolute atomic E-state index is 6.06. The number of piperidine rings is 1. The molecular formula is C13H26N2O. The fourth-order valence-electron chi connectivity index (χ4n) is 3.61. The molecule has 0 bridgehead atoms. The first-order chi connectivity index (χ1) is 7.58. The van der Waals surface area contributed by atoms with E-state index in [-0.39, 0.29) is 11.6 Å². The maximum atomic E-state index is 6.06. The summed E-state index contributed by atoms with van der Waals surface area (Å²) in [5.41, 5.74) is 6.17. The zero-order valence-electron chi connectivity index (χ0n) is 10.9. The Bertz CT molecular complexity index is 236. The number of nitrogens with zero attached hydrogens (tertiary/aromatic N) is 1. The molecule has 2 N–H and O–H groups in total. The average molecular weight is 226 g/mol. The molecule has 2 heterocycles. The van der Waals surface area contributed by atoms with E-state index in [1.165, 1.54) is 19.5 Å². The monoisotopic (exact) mass is 226 g/mol. The van der Waals surface area contributed by atoms with Crippen LogP contribution in [0.3, 0.4) is 0 Å². The van der Waals surface area contributed by atoms with Crippen molar-refractivity contribution in [2.24, 2.45) is 17.6 Å². The van der Waals surface area contributed by atoms with Gasteiger partial charge in [0.1, 0.15) is 0 Å². The normalized spacial score (nSPS) is 46.1. The molecule has 3 heteroatoms. The Morgan fingerprint density at radius 2 is 1.88 bits per heavy atom. The molecule has 0 amide bonds. The number of ether oxygens (including phenoxy) is 1. The highest BCUT2D eigenvalue weighted by Gasteiger charge is 2.46. The fourth-order valence-corrected chi connectivity index (χ4v) is 3.61. The van der Waals surface area contributed by atoms with Gasteiger partial charge in [-0.15, -0.1) is 0 Å². The lowest BCUT2D eigenvalue weighted by molar-refractivity contribution is -0.0183. The van der Waals surface area contributed by atoms with Gasteiger partial charge in [-0.3, -0.25) is 4.90 Å². The quantitative estimate of drug-likeness (QED) is 0.775. The lowest BCUT2D eigenvalue weighted by atomic mass is 9.83. The van der Waals surface area contributed by atoms with E-state index in [9.17, 15) is 0 Å². The molecule has 0 aromatic rings. The minimum Gasteiger partial charge on any atom is -0.376 e. The van der Waals surface area contributed by atoms with Crippen LogP contribution in [0.4, 0.5) is 0 Å². The first-order valence-corrected chi connectivity index (χ1v) is 6.65. The van der Waals surface area contributed by atoms with Crippen LogP contribution in [0.5, 0.6) is 0 Å². The average Bonchev–Trinajstić information content (AvgIpc) is 2.59. The number of hydrogen-bond acceptors (Lipinski definition) is 3. The molecule has 2 saturated heterocycles. The molecule has 0 spiro atoms. The van der Waals surface area contributed by atoms with Gasteiger partial charge in [0, 0.05) is 26.2 Å². The van der Waals surface area contributed by atoms with Crippen LogP contribution >= 0.6 is 0 Å². The highest BCUT2D eigenvalue weighted by atomic mass is 16.5. The Balaban J connectivity index is 2.14. The third kappa shape index (κ3) is 2.01. The Morgan fingerprint density at radius 1 is 1.25 bits per heavy atom. The zero-order valence-corrected chi connectivity index (χ0v) is 10.9. The van der Waals surface area contributed by atoms with E-state index in [0.29, 0.717) is 0 Å². The molecule has 0 aliphatic carbocycles. The summed E-state index contributed by atoms with van der Waals surface area (Å²) < 4.78 is 5.76. The minimum absolute atomic E-state index is 0.114. The van der Waals surface area contributed by atoms with Crippen LogP contribution in [0.15, 0.2) is 0 Å². The largest absolute Gasteiger partial charge is 0.376 e. The predicted octanol–water partition coefficient (Wildman–Crippen LogP) is 1.47. The topological polar surface area (TPSA) is 38.5 Å². The second kappa shape index (κ2) is 4.63. The van der Waals surface area contributed by atoms with Crippen LogP contribution < -0.4 is 5.73 Å². The third-order valence-electron chi connectivity index (χ3n) is 4.51. The standard InChI is InChI=1S/C13H26N2O/c1-10-6-11(2)8-15(7-10)13(9-14)4-5-16-12(13)3/h10-12H,4-9,14H2,1-3H3. The van der Waals surface area contributed by atoms with E-state index >= 15 is 0 Å². The van der Waals surface area contributed by atoms with Gasteiger partial charge in [-0.2, -0.15) is 0 Å². The lowest BCUT2D eigenvalue weighted by Crippen LogP contribution is -2.61. The molecule has 4 atom stereocenters. The van der Waals surface area contributed by atoms with Crippen LogP contribution in [-0.2, 0) is 4.74 Å². The van der Waals surface area contributed by atoms with E-state index in [4.69, 9.17) is 10.5 Å². The molecule has 0 aromatic heterocycles. The maximum Gasteiger partial charge on any atom is 0.0743 e. The summed E-state index contributed by atoms with van der Waals surface area (Å²) in [6.45, 7) is 10.9. The van der Waals surface area contributed by atoms with Gasteiger partial charge in [0.2, 0.25) is 0 Å². The summed E-state index contributed by atoms with van der Waals surface area (Å²) >= 11 is 0. The van der Waals surface area contributed by atoms with Crippen molar-refractivity contribution in [1.29, 1.82) is 0 Å². The van der Waals surface area contributed by atoms with Gasteiger partial charge < -0.3 is 10.5 Å². The van der Waals surface area contributed by atoms with Gasteiger partial charge in [-0.25, -0.2) is 0 Å². The summed E-state index contributed by atoms with van der Waals surface area (Å²) in [5.74, 6) is 1.58. The molecule has 94 valence electrons. The van der Waals surface area contributed by atoms with Gasteiger partial charge in [0.15, 0.2) is 0 Å². The number of hydrogen-bond donors (Lipinski definition) is 1. The molecule has 3 nitrogen and oxygen atoms in total. The number of rotatable bonds is 2. The van der Waals surface area contributed by atoms with Crippen LogP contribution in [0.1, 0.15) is 33.6 Å². The van der Waals surface area contributed by atoms with Gasteiger partial charge in [0.25, 0.3) is 0 Å². The van der Waals surface area contributed by atoms with Crippen LogP contribution in [-0.4, -0.2) is 42.8 Å². The van der Waals surface area contributed by atoms with E-state index in [1.54, 1.807) is 0 Å². The fraction of sp³-hybridized carbons (Fsp3) is 1.00. The van der Waals surface area contributed by atoms with Crippen molar-refractivity contribution in [3.63, 3.8) is 0 Å². The lowest BCUT2D eigenvalue weighted by Gasteiger charge is -2.48. The Morgan fingerprint density at radius 3 is 2.31 bits per heavy atom. The van der Waals surface area contributed by atoms with Gasteiger partial charge in [-0.1, -0.05) is 13.8 Å². The van der Waals surface area contributed by atoms with Crippen molar-refractivity contribution in [2.45, 2.75) is 45.3 Å². The molecule has 4 unspecified atom stereocenters. The molecular weight excluding hydrogens is 200 g/mol. The second-order valence-electron chi connectivity index (χ2n) is 5.92. The second-order valence-corrected chi connectivity index (χ2v) is 5.92. The van der Waals surface area contributed by atoms with Crippen LogP contribution in [0, 0.1) is 11.8 Å². The summed E-state index contributed by atoms with van der Waals surface area (Å²) in [5, 5.41) is 0. The van der Waals surface area contributed by atoms with E-state index < -0.39 is 0 Å². The molecule has 0 saturated carbocycles. The van der Waals surface area contributed by atoms with Crippen molar-refractivity contribution < 1.29 is 4.74 Å². The summed E-state index contributed by atoms with van der Waals surface area (Å²) in [6.07, 6.45) is 2.74. The summed E-state index contributed by atoms with van der Waals surface area (Å²) in [7, 11) is 0. The van der Waals surface area contributed by atoms with Crippen molar-refractivity contribution in [3.05, 3.63) is 0 Å². The first-order valence-electron chi connectivity index (χ1n) is 6.65. The van der Waals surface area contributed by atoms with E-state index in [0.717, 1.165) is 31.4 Å². The summed E-state index contributed by atoms with van der Waals surface area (Å²) in [4.78, 5) is 2.61. The van der Waals surface area contributed by atoms with Gasteiger partial charge >= 0.3 is 0 Å². The van der Waals surface area contributed by atoms with Crippen molar-refractivity contribution in [1.82, 2.24) is 4.90 Å². The molecule has 0 radical (unpaired) electrons. The molecule has 2 aliphatic rings. The predicted molar refractivity (Wildman–Crippen MR) is 66.3 cm³/mol. The Kier molecular flexibility index (Phi) is 3.57. The van der Waals surface area contributed by atoms with Gasteiger partial charge in [0.05, 0.1) is 11.6 Å². The van der Waals surface area contributed by atoms with Crippen LogP contribution in [0.25, 0.3) is 0 Å². The Hall–Kier alpha value is -0.120. The number of likely N-dealkylation sites (tertiary alicyclic amines) is 1. The van der Waals surface area contributed by atoms with Crippen LogP contribution in [0.2, 0.25) is 0 Å². The van der Waals surface area contributed by atoms with Gasteiger partial charge in [-0.05, 0) is 31.6 Å². The first kappa shape index (κ1) is 12.3. The smallest absolute Gasteiger partial charge is 0.0743 e. The number of nitrogens with two attached hydrogens (primary N) is 1. The van der Waals surface area contributed by atoms with E-state index in [1.807, 2.05) is 0 Å². The van der Waals surface area contributed by atoms with Crippen molar-refractivity contribution >= 4 is 0 Å². The SMILES string of the molecule is CC1CC(C)CN(C2(CN)CCOC2C)C1. The van der Waals surface area contributed by atoms with Crippen molar-refractivity contribution in [2.75, 3.05) is 26.2 Å². The third-order valence-corrected chi connectivity index (χ3v) is 4.51. The van der Waals surface area contributed by atoms with E-state index in [2.05, 4.69) is 25.7 Å². The summed E-state index contributed by atoms with van der Waals surface area (Å²) in [6, 6.07) is 0. The molecule has 0 aromatic carbocycles. The minimum atomic E-state index is 0.114. The van der Waals surface area contributed by atoms with Crippen molar-refractivity contribution in [3.8, 4) is 0 Å². The highest BCUT2D eigenvalue weighted by molar-refractivity contribution is 5.02. The highest BCUT2D eigenvalue weighted by Crippen LogP contribution is 2.35. The molecule has 2 fully saturated rings. The molecule has 2 aliphatic heterocycles.